The van der Waals surface area contributed by atoms with Crippen molar-refractivity contribution in [2.24, 2.45) is 0 Å². The first-order chi connectivity index (χ1) is 12.7. The van der Waals surface area contributed by atoms with Gasteiger partial charge < -0.3 is 25.0 Å². The molecule has 1 heterocycles. The summed E-state index contributed by atoms with van der Waals surface area (Å²) < 4.78 is 38.3. The Bertz CT molecular complexity index is 659. The van der Waals surface area contributed by atoms with Gasteiger partial charge in [0.25, 0.3) is 0 Å². The van der Waals surface area contributed by atoms with Crippen molar-refractivity contribution in [3.8, 4) is 0 Å². The second-order valence-electron chi connectivity index (χ2n) is 6.59. The molecule has 0 radical (unpaired) electrons. The molecule has 6 nitrogen and oxygen atoms in total. The van der Waals surface area contributed by atoms with E-state index >= 15 is 0 Å². The molecule has 1 aromatic rings. The van der Waals surface area contributed by atoms with Gasteiger partial charge in [-0.2, -0.15) is 13.2 Å². The number of nitrogens with zero attached hydrogens (tertiary/aromatic N) is 2. The zero-order valence-electron chi connectivity index (χ0n) is 15.1. The average molecular weight is 386 g/mol. The molecule has 1 aromatic carbocycles. The van der Waals surface area contributed by atoms with E-state index < -0.39 is 23.7 Å². The molecule has 0 saturated carbocycles. The SMILES string of the molecule is CNC(=O)CN(C(=O)[O-])C1CCN(CCc2cccc(C(F)(F)F)c2)CC1. The van der Waals surface area contributed by atoms with Crippen molar-refractivity contribution >= 4 is 12.0 Å². The molecule has 1 fully saturated rings. The molecule has 9 heteroatoms. The largest absolute Gasteiger partial charge is 0.530 e. The van der Waals surface area contributed by atoms with Crippen LogP contribution in [0.1, 0.15) is 24.0 Å². The van der Waals surface area contributed by atoms with Crippen LogP contribution in [0.3, 0.4) is 0 Å². The van der Waals surface area contributed by atoms with Crippen molar-refractivity contribution in [1.82, 2.24) is 15.1 Å². The van der Waals surface area contributed by atoms with E-state index in [0.29, 0.717) is 44.5 Å². The van der Waals surface area contributed by atoms with Gasteiger partial charge in [-0.15, -0.1) is 0 Å². The number of amides is 2. The number of hydrogen-bond donors (Lipinski definition) is 1. The molecule has 2 amide bonds. The predicted molar refractivity (Wildman–Crippen MR) is 90.8 cm³/mol. The molecule has 0 aliphatic carbocycles. The van der Waals surface area contributed by atoms with Crippen LogP contribution in [-0.2, 0) is 17.4 Å². The Balaban J connectivity index is 1.85. The van der Waals surface area contributed by atoms with E-state index in [2.05, 4.69) is 10.2 Å². The topological polar surface area (TPSA) is 75.7 Å². The highest BCUT2D eigenvalue weighted by molar-refractivity contribution is 5.81. The lowest BCUT2D eigenvalue weighted by molar-refractivity contribution is -0.268. The van der Waals surface area contributed by atoms with Crippen LogP contribution in [0, 0.1) is 0 Å². The van der Waals surface area contributed by atoms with Crippen LogP contribution >= 0.6 is 0 Å². The number of alkyl halides is 3. The first-order valence-corrected chi connectivity index (χ1v) is 8.77. The van der Waals surface area contributed by atoms with Crippen LogP contribution in [0.4, 0.5) is 18.0 Å². The first kappa shape index (κ1) is 21.0. The fraction of sp³-hybridized carbons (Fsp3) is 0.556. The van der Waals surface area contributed by atoms with Crippen molar-refractivity contribution in [1.29, 1.82) is 0 Å². The molecule has 1 aliphatic rings. The highest BCUT2D eigenvalue weighted by Crippen LogP contribution is 2.29. The fourth-order valence-corrected chi connectivity index (χ4v) is 3.22. The van der Waals surface area contributed by atoms with Gasteiger partial charge in [0.2, 0.25) is 5.91 Å². The summed E-state index contributed by atoms with van der Waals surface area (Å²) in [5.74, 6) is -0.397. The minimum Gasteiger partial charge on any atom is -0.530 e. The Hall–Kier alpha value is -2.29. The van der Waals surface area contributed by atoms with Crippen LogP contribution in [0.15, 0.2) is 24.3 Å². The summed E-state index contributed by atoms with van der Waals surface area (Å²) >= 11 is 0. The fourth-order valence-electron chi connectivity index (χ4n) is 3.22. The highest BCUT2D eigenvalue weighted by atomic mass is 19.4. The van der Waals surface area contributed by atoms with Crippen LogP contribution < -0.4 is 10.4 Å². The Morgan fingerprint density at radius 1 is 1.30 bits per heavy atom. The molecular formula is C18H23F3N3O3-. The third-order valence-corrected chi connectivity index (χ3v) is 4.80. The molecule has 27 heavy (non-hydrogen) atoms. The summed E-state index contributed by atoms with van der Waals surface area (Å²) in [5.41, 5.74) is -0.0413. The molecule has 150 valence electrons. The Kier molecular flexibility index (Phi) is 7.06. The third kappa shape index (κ3) is 6.13. The second-order valence-corrected chi connectivity index (χ2v) is 6.59. The summed E-state index contributed by atoms with van der Waals surface area (Å²) in [5, 5.41) is 13.7. The van der Waals surface area contributed by atoms with Crippen LogP contribution in [-0.4, -0.2) is 61.1 Å². The standard InChI is InChI=1S/C18H24F3N3O3/c1-22-16(25)12-24(17(26)27)15-6-9-23(10-7-15)8-5-13-3-2-4-14(11-13)18(19,20)21/h2-4,11,15H,5-10,12H2,1H3,(H,22,25)(H,26,27)/p-1. The van der Waals surface area contributed by atoms with Crippen molar-refractivity contribution in [3.63, 3.8) is 0 Å². The lowest BCUT2D eigenvalue weighted by atomic mass is 10.0. The summed E-state index contributed by atoms with van der Waals surface area (Å²) in [7, 11) is 1.44. The molecule has 1 saturated heterocycles. The number of likely N-dealkylation sites (N-methyl/N-ethyl adjacent to an activating group) is 1. The molecule has 0 atom stereocenters. The molecule has 0 aromatic heterocycles. The number of carbonyl (C=O) groups is 2. The summed E-state index contributed by atoms with van der Waals surface area (Å²) in [6, 6.07) is 4.99. The number of carboxylic acid groups (broad SMARTS) is 1. The number of rotatable bonds is 6. The van der Waals surface area contributed by atoms with Gasteiger partial charge in [0.05, 0.1) is 12.1 Å². The molecule has 2 rings (SSSR count). The Morgan fingerprint density at radius 3 is 2.52 bits per heavy atom. The number of carbonyl (C=O) groups excluding carboxylic acids is 2. The van der Waals surface area contributed by atoms with Crippen molar-refractivity contribution in [3.05, 3.63) is 35.4 Å². The van der Waals surface area contributed by atoms with E-state index in [0.717, 1.165) is 17.0 Å². The highest BCUT2D eigenvalue weighted by Gasteiger charge is 2.30. The van der Waals surface area contributed by atoms with E-state index in [1.54, 1.807) is 6.07 Å². The number of hydrogen-bond acceptors (Lipinski definition) is 4. The van der Waals surface area contributed by atoms with Gasteiger partial charge in [-0.25, -0.2) is 0 Å². The molecule has 0 spiro atoms. The van der Waals surface area contributed by atoms with Crippen LogP contribution in [0.25, 0.3) is 0 Å². The van der Waals surface area contributed by atoms with Crippen molar-refractivity contribution in [2.45, 2.75) is 31.5 Å². The number of likely N-dealkylation sites (tertiary alicyclic amines) is 1. The molecule has 0 bridgehead atoms. The Morgan fingerprint density at radius 2 is 1.96 bits per heavy atom. The first-order valence-electron chi connectivity index (χ1n) is 8.77. The summed E-state index contributed by atoms with van der Waals surface area (Å²) in [6.45, 7) is 1.56. The monoisotopic (exact) mass is 386 g/mol. The zero-order chi connectivity index (χ0) is 20.0. The average Bonchev–Trinajstić information content (AvgIpc) is 2.64. The normalized spacial score (nSPS) is 16.1. The van der Waals surface area contributed by atoms with Gasteiger partial charge in [-0.05, 0) is 30.9 Å². The van der Waals surface area contributed by atoms with E-state index in [1.165, 1.54) is 13.1 Å². The van der Waals surface area contributed by atoms with Gasteiger partial charge >= 0.3 is 6.18 Å². The van der Waals surface area contributed by atoms with Gasteiger partial charge in [-0.1, -0.05) is 18.2 Å². The third-order valence-electron chi connectivity index (χ3n) is 4.80. The molecule has 1 N–H and O–H groups in total. The van der Waals surface area contributed by atoms with E-state index in [1.807, 2.05) is 0 Å². The zero-order valence-corrected chi connectivity index (χ0v) is 15.1. The maximum Gasteiger partial charge on any atom is 0.416 e. The van der Waals surface area contributed by atoms with Gasteiger partial charge in [-0.3, -0.25) is 4.79 Å². The minimum absolute atomic E-state index is 0.256. The van der Waals surface area contributed by atoms with Gasteiger partial charge in [0.1, 0.15) is 6.09 Å². The molecule has 1 aliphatic heterocycles. The predicted octanol–water partition coefficient (Wildman–Crippen LogP) is 1.10. The second kappa shape index (κ2) is 9.07. The van der Waals surface area contributed by atoms with Crippen molar-refractivity contribution < 1.29 is 27.9 Å². The molecule has 0 unspecified atom stereocenters. The number of benzene rings is 1. The van der Waals surface area contributed by atoms with E-state index in [4.69, 9.17) is 0 Å². The van der Waals surface area contributed by atoms with Crippen LogP contribution in [0.2, 0.25) is 0 Å². The van der Waals surface area contributed by atoms with E-state index in [-0.39, 0.29) is 12.6 Å². The summed E-state index contributed by atoms with van der Waals surface area (Å²) in [6.07, 6.45) is -4.15. The maximum absolute atomic E-state index is 12.8. The van der Waals surface area contributed by atoms with Gasteiger partial charge in [0.15, 0.2) is 0 Å². The van der Waals surface area contributed by atoms with Gasteiger partial charge in [0, 0.05) is 32.7 Å². The van der Waals surface area contributed by atoms with Crippen molar-refractivity contribution in [2.75, 3.05) is 33.2 Å². The lowest BCUT2D eigenvalue weighted by Gasteiger charge is -2.39. The smallest absolute Gasteiger partial charge is 0.416 e. The lowest BCUT2D eigenvalue weighted by Crippen LogP contribution is -2.54. The molecular weight excluding hydrogens is 363 g/mol. The summed E-state index contributed by atoms with van der Waals surface area (Å²) in [4.78, 5) is 25.9. The minimum atomic E-state index is -4.35. The quantitative estimate of drug-likeness (QED) is 0.795. The number of nitrogens with one attached hydrogen (secondary N) is 1. The number of halogens is 3. The van der Waals surface area contributed by atoms with E-state index in [9.17, 15) is 27.9 Å². The number of piperidine rings is 1. The Labute approximate surface area is 155 Å². The van der Waals surface area contributed by atoms with Crippen LogP contribution in [0.5, 0.6) is 0 Å². The maximum atomic E-state index is 12.8.